The van der Waals surface area contributed by atoms with E-state index in [0.29, 0.717) is 25.7 Å². The van der Waals surface area contributed by atoms with Gasteiger partial charge >= 0.3 is 23.9 Å². The number of rotatable bonds is 92. The number of ether oxygens (including phenoxy) is 4. The van der Waals surface area contributed by atoms with Crippen molar-refractivity contribution in [1.82, 2.24) is 0 Å². The molecule has 0 unspecified atom stereocenters. The zero-order valence-electron chi connectivity index (χ0n) is 72.0. The Morgan fingerprint density at radius 2 is 0.229 bits per heavy atom. The fourth-order valence-electron chi connectivity index (χ4n) is 15.6. The highest BCUT2D eigenvalue weighted by atomic mass is 16.6. The molecule has 0 aliphatic heterocycles. The van der Waals surface area contributed by atoms with E-state index in [1.54, 1.807) is 0 Å². The van der Waals surface area contributed by atoms with E-state index in [1.807, 2.05) is 0 Å². The van der Waals surface area contributed by atoms with Crippen molar-refractivity contribution in [1.29, 1.82) is 0 Å². The smallest absolute Gasteiger partial charge is 0.305 e. The zero-order valence-corrected chi connectivity index (χ0v) is 72.0. The molecule has 0 aromatic carbocycles. The molecule has 8 heteroatoms. The van der Waals surface area contributed by atoms with Crippen LogP contribution in [0.25, 0.3) is 0 Å². The van der Waals surface area contributed by atoms with Crippen LogP contribution >= 0.6 is 0 Å². The Morgan fingerprint density at radius 3 is 0.324 bits per heavy atom. The van der Waals surface area contributed by atoms with Gasteiger partial charge in [-0.05, 0) is 25.7 Å². The molecule has 105 heavy (non-hydrogen) atoms. The third kappa shape index (κ3) is 84.2. The van der Waals surface area contributed by atoms with Gasteiger partial charge in [0.25, 0.3) is 0 Å². The molecule has 0 radical (unpaired) electrons. The molecule has 0 amide bonds. The van der Waals surface area contributed by atoms with E-state index in [-0.39, 0.29) is 50.3 Å². The summed E-state index contributed by atoms with van der Waals surface area (Å²) in [7, 11) is 0. The average molecular weight is 1480 g/mol. The summed E-state index contributed by atoms with van der Waals surface area (Å²) in [6, 6.07) is 0. The molecular formula is C97H188O8. The first-order valence-corrected chi connectivity index (χ1v) is 48.4. The van der Waals surface area contributed by atoms with E-state index in [4.69, 9.17) is 18.9 Å². The molecule has 0 atom stereocenters. The van der Waals surface area contributed by atoms with Crippen molar-refractivity contribution in [3.8, 4) is 0 Å². The van der Waals surface area contributed by atoms with Gasteiger partial charge in [0.1, 0.15) is 31.8 Å². The van der Waals surface area contributed by atoms with Gasteiger partial charge in [-0.3, -0.25) is 19.2 Å². The summed E-state index contributed by atoms with van der Waals surface area (Å²) in [5, 5.41) is 0. The van der Waals surface area contributed by atoms with Gasteiger partial charge in [-0.15, -0.1) is 0 Å². The van der Waals surface area contributed by atoms with Gasteiger partial charge in [0.2, 0.25) is 0 Å². The van der Waals surface area contributed by atoms with Crippen molar-refractivity contribution in [3.05, 3.63) is 0 Å². The van der Waals surface area contributed by atoms with Crippen molar-refractivity contribution >= 4 is 23.9 Å². The van der Waals surface area contributed by atoms with Crippen LogP contribution in [0.4, 0.5) is 0 Å². The molecule has 0 aromatic heterocycles. The Morgan fingerprint density at radius 1 is 0.143 bits per heavy atom. The monoisotopic (exact) mass is 1480 g/mol. The lowest BCUT2D eigenvalue weighted by Gasteiger charge is -2.31. The lowest BCUT2D eigenvalue weighted by atomic mass is 9.92. The summed E-state index contributed by atoms with van der Waals surface area (Å²) in [5.74, 6) is -1.26. The third-order valence-electron chi connectivity index (χ3n) is 23.1. The SMILES string of the molecule is CCCCCCCCCCCCCCCCCCCCCCC(=O)OCC(COC(=O)CCCCCCCCCCCCCCCCCCCCCC)(COC(=O)CCCCCCCCCCCCCCCCCCCCCC)COC(=O)CCCCCCCCCCCCCCCCCCCCCC. The van der Waals surface area contributed by atoms with Gasteiger partial charge < -0.3 is 18.9 Å². The first-order valence-electron chi connectivity index (χ1n) is 48.4. The standard InChI is InChI=1S/C97H188O8/c1-5-9-13-17-21-25-29-33-37-41-45-49-53-57-61-65-69-73-77-81-85-93(98)102-89-97(90-103-94(99)86-82-78-74-70-66-62-58-54-50-46-42-38-34-30-26-22-18-14-10-6-2,91-104-95(100)87-83-79-75-71-67-63-59-55-51-47-43-39-35-31-27-23-19-15-11-7-3)92-105-96(101)88-84-80-76-72-68-64-60-56-52-48-44-40-36-32-28-24-20-16-12-8-4/h5-92H2,1-4H3. The molecular weight excluding hydrogens is 1290 g/mol. The first kappa shape index (κ1) is 103. The second-order valence-electron chi connectivity index (χ2n) is 34.0. The maximum absolute atomic E-state index is 13.6. The summed E-state index contributed by atoms with van der Waals surface area (Å²) in [6.07, 6.45) is 105. The molecule has 0 saturated carbocycles. The maximum Gasteiger partial charge on any atom is 0.305 e. The number of carbonyl (C=O) groups is 4. The summed E-state index contributed by atoms with van der Waals surface area (Å²) in [6.45, 7) is 8.55. The minimum absolute atomic E-state index is 0.156. The van der Waals surface area contributed by atoms with Crippen LogP contribution in [0.15, 0.2) is 0 Å². The van der Waals surface area contributed by atoms with Gasteiger partial charge in [0.15, 0.2) is 0 Å². The Labute approximate surface area is 657 Å². The van der Waals surface area contributed by atoms with Crippen molar-refractivity contribution in [2.45, 2.75) is 567 Å². The van der Waals surface area contributed by atoms with E-state index in [0.717, 1.165) is 77.0 Å². The molecule has 0 rings (SSSR count). The Balaban J connectivity index is 5.37. The van der Waals surface area contributed by atoms with Gasteiger partial charge in [0, 0.05) is 25.7 Å². The van der Waals surface area contributed by atoms with E-state index < -0.39 is 5.41 Å². The second kappa shape index (κ2) is 89.1. The molecule has 8 nitrogen and oxygen atoms in total. The summed E-state index contributed by atoms with van der Waals surface area (Å²) in [5.41, 5.74) is -1.21. The van der Waals surface area contributed by atoms with Gasteiger partial charge in [-0.1, -0.05) is 516 Å². The first-order chi connectivity index (χ1) is 51.8. The quantitative estimate of drug-likeness (QED) is 0.0337. The average Bonchev–Trinajstić information content (AvgIpc) is 0.860. The van der Waals surface area contributed by atoms with Crippen molar-refractivity contribution in [3.63, 3.8) is 0 Å². The number of hydrogen-bond donors (Lipinski definition) is 0. The Kier molecular flexibility index (Phi) is 87.3. The maximum atomic E-state index is 13.6. The van der Waals surface area contributed by atoms with E-state index in [1.165, 1.54) is 437 Å². The van der Waals surface area contributed by atoms with Crippen molar-refractivity contribution < 1.29 is 38.1 Å². The largest absolute Gasteiger partial charge is 0.465 e. The lowest BCUT2D eigenvalue weighted by Crippen LogP contribution is -2.44. The molecule has 0 heterocycles. The van der Waals surface area contributed by atoms with E-state index in [2.05, 4.69) is 27.7 Å². The summed E-state index contributed by atoms with van der Waals surface area (Å²) >= 11 is 0. The number of esters is 4. The fraction of sp³-hybridized carbons (Fsp3) is 0.959. The van der Waals surface area contributed by atoms with Crippen LogP contribution < -0.4 is 0 Å². The van der Waals surface area contributed by atoms with Crippen LogP contribution in [0.1, 0.15) is 567 Å². The highest BCUT2D eigenvalue weighted by molar-refractivity contribution is 5.71. The van der Waals surface area contributed by atoms with Gasteiger partial charge in [0.05, 0.1) is 0 Å². The predicted octanol–water partition coefficient (Wildman–Crippen LogP) is 33.0. The van der Waals surface area contributed by atoms with Crippen LogP contribution in [-0.2, 0) is 38.1 Å². The Hall–Kier alpha value is -2.12. The lowest BCUT2D eigenvalue weighted by molar-refractivity contribution is -0.170. The molecule has 0 bridgehead atoms. The van der Waals surface area contributed by atoms with Gasteiger partial charge in [-0.25, -0.2) is 0 Å². The highest BCUT2D eigenvalue weighted by Crippen LogP contribution is 2.26. The number of unbranched alkanes of at least 4 members (excludes halogenated alkanes) is 76. The normalized spacial score (nSPS) is 11.7. The molecule has 0 aliphatic carbocycles. The minimum Gasteiger partial charge on any atom is -0.465 e. The minimum atomic E-state index is -1.21. The fourth-order valence-corrected chi connectivity index (χ4v) is 15.6. The molecule has 0 saturated heterocycles. The van der Waals surface area contributed by atoms with Crippen LogP contribution in [0.3, 0.4) is 0 Å². The second-order valence-corrected chi connectivity index (χ2v) is 34.0. The highest BCUT2D eigenvalue weighted by Gasteiger charge is 2.38. The number of carbonyl (C=O) groups excluding carboxylic acids is 4. The topological polar surface area (TPSA) is 105 Å². The Bertz CT molecular complexity index is 1470. The van der Waals surface area contributed by atoms with E-state index >= 15 is 0 Å². The third-order valence-corrected chi connectivity index (χ3v) is 23.1. The predicted molar refractivity (Wildman–Crippen MR) is 457 cm³/mol. The molecule has 0 spiro atoms. The van der Waals surface area contributed by atoms with Gasteiger partial charge in [-0.2, -0.15) is 0 Å². The molecule has 0 N–H and O–H groups in total. The summed E-state index contributed by atoms with van der Waals surface area (Å²) < 4.78 is 24.2. The van der Waals surface area contributed by atoms with Crippen LogP contribution in [-0.4, -0.2) is 50.3 Å². The number of hydrogen-bond acceptors (Lipinski definition) is 8. The summed E-state index contributed by atoms with van der Waals surface area (Å²) in [4.78, 5) is 54.2. The van der Waals surface area contributed by atoms with E-state index in [9.17, 15) is 19.2 Å². The molecule has 0 aromatic rings. The van der Waals surface area contributed by atoms with Crippen LogP contribution in [0.5, 0.6) is 0 Å². The van der Waals surface area contributed by atoms with Crippen molar-refractivity contribution in [2.24, 2.45) is 5.41 Å². The van der Waals surface area contributed by atoms with Crippen LogP contribution in [0, 0.1) is 5.41 Å². The zero-order chi connectivity index (χ0) is 75.9. The molecule has 0 fully saturated rings. The van der Waals surface area contributed by atoms with Crippen LogP contribution in [0.2, 0.25) is 0 Å². The molecule has 624 valence electrons. The molecule has 0 aliphatic rings. The van der Waals surface area contributed by atoms with Crippen molar-refractivity contribution in [2.75, 3.05) is 26.4 Å².